The Kier molecular flexibility index (Phi) is 6.56. The van der Waals surface area contributed by atoms with E-state index in [1.807, 2.05) is 18.2 Å². The first-order valence-corrected chi connectivity index (χ1v) is 13.4. The van der Waals surface area contributed by atoms with Gasteiger partial charge in [0.1, 0.15) is 39.8 Å². The van der Waals surface area contributed by atoms with Gasteiger partial charge in [0.15, 0.2) is 17.3 Å². The molecule has 2 heterocycles. The fourth-order valence-electron chi connectivity index (χ4n) is 5.70. The van der Waals surface area contributed by atoms with E-state index in [1.165, 1.54) is 19.9 Å². The van der Waals surface area contributed by atoms with Crippen molar-refractivity contribution in [1.29, 1.82) is 0 Å². The van der Waals surface area contributed by atoms with Crippen molar-refractivity contribution >= 4 is 28.4 Å². The number of phenols is 2. The molecule has 0 radical (unpaired) electrons. The van der Waals surface area contributed by atoms with Crippen molar-refractivity contribution in [1.82, 2.24) is 14.9 Å². The second-order valence-corrected chi connectivity index (χ2v) is 11.1. The molecule has 0 amide bonds. The summed E-state index contributed by atoms with van der Waals surface area (Å²) in [5, 5.41) is 24.7. The summed E-state index contributed by atoms with van der Waals surface area (Å²) in [5.74, 6) is -1.09. The van der Waals surface area contributed by atoms with Gasteiger partial charge in [-0.2, -0.15) is 0 Å². The predicted octanol–water partition coefficient (Wildman–Crippen LogP) is 4.41. The van der Waals surface area contributed by atoms with Crippen molar-refractivity contribution in [2.24, 2.45) is 5.92 Å². The van der Waals surface area contributed by atoms with E-state index in [2.05, 4.69) is 29.8 Å². The Morgan fingerprint density at radius 2 is 1.85 bits per heavy atom. The van der Waals surface area contributed by atoms with Crippen LogP contribution >= 0.6 is 0 Å². The molecule has 2 aromatic carbocycles. The molecule has 1 aliphatic carbocycles. The zero-order valence-electron chi connectivity index (χ0n) is 23.5. The number of para-hydroxylation sites is 2. The highest BCUT2D eigenvalue weighted by Crippen LogP contribution is 2.57. The lowest BCUT2D eigenvalue weighted by molar-refractivity contribution is -0.123. The molecule has 1 aliphatic heterocycles. The fourth-order valence-corrected chi connectivity index (χ4v) is 5.70. The lowest BCUT2D eigenvalue weighted by atomic mass is 9.70. The van der Waals surface area contributed by atoms with Crippen molar-refractivity contribution in [3.63, 3.8) is 0 Å². The molecule has 0 saturated carbocycles. The number of aromatic hydroxyl groups is 2. The van der Waals surface area contributed by atoms with Crippen molar-refractivity contribution < 1.29 is 29.3 Å². The Balaban J connectivity index is 1.48. The van der Waals surface area contributed by atoms with Crippen LogP contribution in [0.15, 0.2) is 47.4 Å². The summed E-state index contributed by atoms with van der Waals surface area (Å²) in [7, 11) is 0. The van der Waals surface area contributed by atoms with E-state index >= 15 is 0 Å². The first kappa shape index (κ1) is 27.2. The molecule has 208 valence electrons. The topological polar surface area (TPSA) is 131 Å². The minimum atomic E-state index is -1.54. The van der Waals surface area contributed by atoms with E-state index in [4.69, 9.17) is 9.72 Å². The van der Waals surface area contributed by atoms with Gasteiger partial charge in [-0.3, -0.25) is 14.4 Å². The van der Waals surface area contributed by atoms with Gasteiger partial charge in [0, 0.05) is 36.8 Å². The highest BCUT2D eigenvalue weighted by molar-refractivity contribution is 6.31. The van der Waals surface area contributed by atoms with Gasteiger partial charge >= 0.3 is 0 Å². The first-order valence-electron chi connectivity index (χ1n) is 13.4. The van der Waals surface area contributed by atoms with Crippen LogP contribution in [0.25, 0.3) is 11.0 Å². The van der Waals surface area contributed by atoms with Crippen molar-refractivity contribution in [3.8, 4) is 17.2 Å². The van der Waals surface area contributed by atoms with Crippen LogP contribution in [0.1, 0.15) is 61.9 Å². The Bertz CT molecular complexity index is 1680. The van der Waals surface area contributed by atoms with Crippen molar-refractivity contribution in [3.05, 3.63) is 69.9 Å². The average molecular weight is 544 g/mol. The minimum Gasteiger partial charge on any atom is -0.507 e. The van der Waals surface area contributed by atoms with Gasteiger partial charge in [0.05, 0.1) is 22.2 Å². The third-order valence-electron chi connectivity index (χ3n) is 7.78. The molecular formula is C31H33N3O6. The smallest absolute Gasteiger partial charge is 0.194 e. The molecule has 9 nitrogen and oxygen atoms in total. The Morgan fingerprint density at radius 1 is 1.15 bits per heavy atom. The summed E-state index contributed by atoms with van der Waals surface area (Å²) in [6.07, 6.45) is 1.79. The quantitative estimate of drug-likeness (QED) is 0.227. The number of ether oxygens (including phenoxy) is 1. The summed E-state index contributed by atoms with van der Waals surface area (Å²) < 4.78 is 8.03. The van der Waals surface area contributed by atoms with Gasteiger partial charge in [0.2, 0.25) is 0 Å². The number of ketones is 3. The molecule has 5 rings (SSSR count). The molecule has 3 N–H and O–H groups in total. The molecule has 0 fully saturated rings. The van der Waals surface area contributed by atoms with E-state index in [9.17, 15) is 24.6 Å². The number of phenolic OH excluding ortho intramolecular Hbond substituents is 2. The van der Waals surface area contributed by atoms with Gasteiger partial charge in [0.25, 0.3) is 0 Å². The van der Waals surface area contributed by atoms with Crippen molar-refractivity contribution in [2.75, 3.05) is 6.54 Å². The second kappa shape index (κ2) is 9.66. The Morgan fingerprint density at radius 3 is 2.52 bits per heavy atom. The van der Waals surface area contributed by atoms with Crippen LogP contribution in [-0.2, 0) is 28.0 Å². The highest BCUT2D eigenvalue weighted by Gasteiger charge is 2.56. The summed E-state index contributed by atoms with van der Waals surface area (Å²) >= 11 is 0. The predicted molar refractivity (Wildman–Crippen MR) is 150 cm³/mol. The number of allylic oxidation sites excluding steroid dienone is 4. The SMILES string of the molecule is CC(=O)c1c(O)c(C)c(O)c2c1OC1=CC(=O)C(=C(C)NCCc3nc4ccccc4n3CC(C)C)C(=O)[C@@]12C. The molecule has 1 atom stereocenters. The molecule has 40 heavy (non-hydrogen) atoms. The standard InChI is InChI=1S/C31H33N3O6/c1-15(2)14-34-20-10-8-7-9-19(20)33-23(34)11-12-32-17(4)24-21(36)13-22-31(6,30(24)39)26-28(38)16(3)27(37)25(18(5)35)29(26)40-22/h7-10,13,15,32,37-38H,11-12,14H2,1-6H3/t31-/m0/s1. The zero-order valence-corrected chi connectivity index (χ0v) is 23.5. The van der Waals surface area contributed by atoms with Crippen molar-refractivity contribution in [2.45, 2.75) is 59.9 Å². The second-order valence-electron chi connectivity index (χ2n) is 11.1. The summed E-state index contributed by atoms with van der Waals surface area (Å²) in [6.45, 7) is 11.5. The molecule has 9 heteroatoms. The highest BCUT2D eigenvalue weighted by atomic mass is 16.5. The number of hydrogen-bond donors (Lipinski definition) is 3. The maximum atomic E-state index is 14.0. The summed E-state index contributed by atoms with van der Waals surface area (Å²) in [4.78, 5) is 44.3. The van der Waals surface area contributed by atoms with Crippen LogP contribution in [-0.4, -0.2) is 43.7 Å². The van der Waals surface area contributed by atoms with E-state index < -0.39 is 28.5 Å². The number of carbonyl (C=O) groups is 3. The molecule has 3 aromatic rings. The lowest BCUT2D eigenvalue weighted by Gasteiger charge is -2.29. The van der Waals surface area contributed by atoms with Crippen LogP contribution in [0.4, 0.5) is 0 Å². The molecule has 0 unspecified atom stereocenters. The summed E-state index contributed by atoms with van der Waals surface area (Å²) in [6, 6.07) is 7.98. The monoisotopic (exact) mass is 543 g/mol. The zero-order chi connectivity index (χ0) is 29.1. The fraction of sp³-hybridized carbons (Fsp3) is 0.355. The van der Waals surface area contributed by atoms with Gasteiger partial charge < -0.3 is 24.8 Å². The molecule has 0 bridgehead atoms. The number of imidazole rings is 1. The van der Waals surface area contributed by atoms with Crippen LogP contribution in [0.2, 0.25) is 0 Å². The normalized spacial score (nSPS) is 19.4. The van der Waals surface area contributed by atoms with E-state index in [1.54, 1.807) is 13.8 Å². The molecule has 1 aromatic heterocycles. The maximum absolute atomic E-state index is 14.0. The number of nitrogens with zero attached hydrogens (tertiary/aromatic N) is 2. The number of Topliss-reactive ketones (excluding diaryl/α,β-unsaturated/α-hetero) is 2. The maximum Gasteiger partial charge on any atom is 0.194 e. The van der Waals surface area contributed by atoms with Gasteiger partial charge in [-0.25, -0.2) is 4.98 Å². The number of rotatable bonds is 7. The first-order chi connectivity index (χ1) is 18.9. The largest absolute Gasteiger partial charge is 0.507 e. The summed E-state index contributed by atoms with van der Waals surface area (Å²) in [5.41, 5.74) is 0.791. The van der Waals surface area contributed by atoms with Gasteiger partial charge in [-0.15, -0.1) is 0 Å². The van der Waals surface area contributed by atoms with Crippen LogP contribution < -0.4 is 10.1 Å². The number of fused-ring (bicyclic) bond motifs is 4. The van der Waals surface area contributed by atoms with E-state index in [0.29, 0.717) is 24.6 Å². The number of benzene rings is 2. The molecule has 0 spiro atoms. The number of aromatic nitrogens is 2. The molecule has 2 aliphatic rings. The average Bonchev–Trinajstić information content (AvgIpc) is 3.37. The number of carbonyl (C=O) groups excluding carboxylic acids is 3. The van der Waals surface area contributed by atoms with Crippen LogP contribution in [0, 0.1) is 12.8 Å². The number of hydrogen-bond acceptors (Lipinski definition) is 8. The third-order valence-corrected chi connectivity index (χ3v) is 7.78. The molecule has 0 saturated heterocycles. The number of nitrogens with one attached hydrogen (secondary N) is 1. The lowest BCUT2D eigenvalue weighted by Crippen LogP contribution is -2.41. The van der Waals surface area contributed by atoms with E-state index in [-0.39, 0.29) is 39.5 Å². The van der Waals surface area contributed by atoms with Gasteiger partial charge in [-0.1, -0.05) is 26.0 Å². The van der Waals surface area contributed by atoms with Crippen LogP contribution in [0.5, 0.6) is 17.2 Å². The van der Waals surface area contributed by atoms with Gasteiger partial charge in [-0.05, 0) is 45.7 Å². The Labute approximate surface area is 232 Å². The third kappa shape index (κ3) is 3.99. The van der Waals surface area contributed by atoms with Crippen LogP contribution in [0.3, 0.4) is 0 Å². The molecular weight excluding hydrogens is 510 g/mol. The van der Waals surface area contributed by atoms with E-state index in [0.717, 1.165) is 23.4 Å². The minimum absolute atomic E-state index is 0.0132. The Hall–Kier alpha value is -4.40.